The Balaban J connectivity index is 0.000000177. The van der Waals surface area contributed by atoms with Crippen molar-refractivity contribution in [3.63, 3.8) is 0 Å². The number of rotatable bonds is 4. The van der Waals surface area contributed by atoms with Crippen LogP contribution >= 0.6 is 0 Å². The second-order valence-corrected chi connectivity index (χ2v) is 5.63. The summed E-state index contributed by atoms with van der Waals surface area (Å²) in [6, 6.07) is 14.1. The number of nitrogens with zero attached hydrogens (tertiary/aromatic N) is 1. The number of hydrogen-bond acceptors (Lipinski definition) is 4. The van der Waals surface area contributed by atoms with Crippen LogP contribution in [0.5, 0.6) is 11.5 Å². The van der Waals surface area contributed by atoms with Crippen molar-refractivity contribution in [2.75, 3.05) is 27.3 Å². The summed E-state index contributed by atoms with van der Waals surface area (Å²) in [7, 11) is 3.37. The van der Waals surface area contributed by atoms with E-state index in [1.165, 1.54) is 16.7 Å². The number of fused-ring (bicyclic) bond motifs is 1. The highest BCUT2D eigenvalue weighted by atomic mass is 16.5. The van der Waals surface area contributed by atoms with Gasteiger partial charge >= 0.3 is 0 Å². The summed E-state index contributed by atoms with van der Waals surface area (Å²) in [6.07, 6.45) is 1.95. The molecule has 2 N–H and O–H groups in total. The molecule has 0 atom stereocenters. The van der Waals surface area contributed by atoms with Crippen LogP contribution in [0, 0.1) is 0 Å². The molecule has 1 aliphatic rings. The molecule has 1 heterocycles. The predicted octanol–water partition coefficient (Wildman–Crippen LogP) is 3.26. The molecule has 4 heteroatoms. The standard InChI is InChI=1S/C11H13NO.C9H13NO/c1-8-11-4-3-10(13-2)7-9(11)5-6-12-8;1-11-9-4-2-3-8(7-9)5-6-10/h3-4,7H,5-6H2,1-2H3;2-4,7H,5-6,10H2,1H3. The van der Waals surface area contributed by atoms with E-state index in [-0.39, 0.29) is 0 Å². The van der Waals surface area contributed by atoms with Gasteiger partial charge in [-0.25, -0.2) is 0 Å². The summed E-state index contributed by atoms with van der Waals surface area (Å²) in [6.45, 7) is 3.66. The van der Waals surface area contributed by atoms with Gasteiger partial charge in [-0.05, 0) is 73.3 Å². The number of benzene rings is 2. The van der Waals surface area contributed by atoms with Crippen molar-refractivity contribution in [2.45, 2.75) is 19.8 Å². The van der Waals surface area contributed by atoms with Crippen LogP contribution in [0.1, 0.15) is 23.6 Å². The first-order valence-electron chi connectivity index (χ1n) is 8.19. The third kappa shape index (κ3) is 4.83. The molecule has 0 amide bonds. The van der Waals surface area contributed by atoms with E-state index in [1.807, 2.05) is 24.3 Å². The molecule has 0 fully saturated rings. The van der Waals surface area contributed by atoms with Crippen LogP contribution in [0.15, 0.2) is 47.5 Å². The molecule has 0 unspecified atom stereocenters. The van der Waals surface area contributed by atoms with Crippen molar-refractivity contribution in [1.29, 1.82) is 0 Å². The molecule has 4 nitrogen and oxygen atoms in total. The monoisotopic (exact) mass is 326 g/mol. The zero-order valence-corrected chi connectivity index (χ0v) is 14.7. The van der Waals surface area contributed by atoms with E-state index in [0.29, 0.717) is 6.54 Å². The van der Waals surface area contributed by atoms with Crippen LogP contribution in [0.3, 0.4) is 0 Å². The Morgan fingerprint density at radius 3 is 2.50 bits per heavy atom. The predicted molar refractivity (Wildman–Crippen MR) is 99.5 cm³/mol. The average Bonchev–Trinajstić information content (AvgIpc) is 2.62. The maximum Gasteiger partial charge on any atom is 0.119 e. The first-order valence-corrected chi connectivity index (χ1v) is 8.19. The van der Waals surface area contributed by atoms with Gasteiger partial charge in [0.25, 0.3) is 0 Å². The minimum absolute atomic E-state index is 0.688. The number of methoxy groups -OCH3 is 2. The Morgan fingerprint density at radius 2 is 1.79 bits per heavy atom. The zero-order valence-electron chi connectivity index (χ0n) is 14.7. The van der Waals surface area contributed by atoms with E-state index in [1.54, 1.807) is 14.2 Å². The third-order valence-electron chi connectivity index (χ3n) is 4.00. The van der Waals surface area contributed by atoms with Gasteiger partial charge in [0.1, 0.15) is 11.5 Å². The second kappa shape index (κ2) is 9.08. The maximum atomic E-state index is 5.41. The molecule has 1 aliphatic heterocycles. The van der Waals surface area contributed by atoms with E-state index in [2.05, 4.69) is 30.1 Å². The van der Waals surface area contributed by atoms with Crippen molar-refractivity contribution < 1.29 is 9.47 Å². The van der Waals surface area contributed by atoms with Gasteiger partial charge in [0.15, 0.2) is 0 Å². The minimum atomic E-state index is 0.688. The highest BCUT2D eigenvalue weighted by Gasteiger charge is 2.10. The second-order valence-electron chi connectivity index (χ2n) is 5.63. The molecular formula is C20H26N2O2. The largest absolute Gasteiger partial charge is 0.497 e. The molecule has 0 bridgehead atoms. The van der Waals surface area contributed by atoms with Crippen LogP contribution in [0.25, 0.3) is 0 Å². The van der Waals surface area contributed by atoms with Crippen molar-refractivity contribution in [2.24, 2.45) is 10.7 Å². The maximum absolute atomic E-state index is 5.41. The van der Waals surface area contributed by atoms with Crippen molar-refractivity contribution >= 4 is 5.71 Å². The van der Waals surface area contributed by atoms with E-state index in [9.17, 15) is 0 Å². The summed E-state index contributed by atoms with van der Waals surface area (Å²) >= 11 is 0. The van der Waals surface area contributed by atoms with Crippen LogP contribution < -0.4 is 15.2 Å². The Kier molecular flexibility index (Phi) is 6.82. The lowest BCUT2D eigenvalue weighted by Gasteiger charge is -2.14. The average molecular weight is 326 g/mol. The van der Waals surface area contributed by atoms with Gasteiger partial charge in [0, 0.05) is 12.3 Å². The molecule has 2 aromatic rings. The quantitative estimate of drug-likeness (QED) is 0.938. The van der Waals surface area contributed by atoms with E-state index in [4.69, 9.17) is 15.2 Å². The molecule has 0 aliphatic carbocycles. The highest BCUT2D eigenvalue weighted by molar-refractivity contribution is 6.00. The van der Waals surface area contributed by atoms with Gasteiger partial charge in [0.05, 0.1) is 14.2 Å². The molecular weight excluding hydrogens is 300 g/mol. The molecule has 0 saturated heterocycles. The van der Waals surface area contributed by atoms with Gasteiger partial charge in [-0.1, -0.05) is 12.1 Å². The minimum Gasteiger partial charge on any atom is -0.497 e. The zero-order chi connectivity index (χ0) is 17.4. The van der Waals surface area contributed by atoms with Crippen LogP contribution in [-0.2, 0) is 12.8 Å². The topological polar surface area (TPSA) is 56.8 Å². The van der Waals surface area contributed by atoms with Gasteiger partial charge in [-0.2, -0.15) is 0 Å². The normalized spacial score (nSPS) is 12.4. The number of hydrogen-bond donors (Lipinski definition) is 1. The fourth-order valence-corrected chi connectivity index (χ4v) is 2.68. The summed E-state index contributed by atoms with van der Waals surface area (Å²) in [5, 5.41) is 0. The summed E-state index contributed by atoms with van der Waals surface area (Å²) < 4.78 is 10.2. The van der Waals surface area contributed by atoms with Gasteiger partial charge in [0.2, 0.25) is 0 Å². The Hall–Kier alpha value is -2.33. The molecule has 2 aromatic carbocycles. The lowest BCUT2D eigenvalue weighted by molar-refractivity contribution is 0.414. The van der Waals surface area contributed by atoms with E-state index in [0.717, 1.165) is 36.6 Å². The van der Waals surface area contributed by atoms with Crippen LogP contribution in [0.2, 0.25) is 0 Å². The summed E-state index contributed by atoms with van der Waals surface area (Å²) in [5.41, 5.74) is 10.4. The molecule has 0 aromatic heterocycles. The molecule has 128 valence electrons. The van der Waals surface area contributed by atoms with Crippen molar-refractivity contribution in [3.05, 3.63) is 59.2 Å². The number of ether oxygens (including phenoxy) is 2. The molecule has 0 spiro atoms. The van der Waals surface area contributed by atoms with Gasteiger partial charge < -0.3 is 15.2 Å². The van der Waals surface area contributed by atoms with E-state index < -0.39 is 0 Å². The fraction of sp³-hybridized carbons (Fsp3) is 0.350. The van der Waals surface area contributed by atoms with Crippen LogP contribution in [-0.4, -0.2) is 33.0 Å². The fourth-order valence-electron chi connectivity index (χ4n) is 2.68. The molecule has 0 saturated carbocycles. The SMILES string of the molecule is COc1ccc2c(c1)CCN=C2C.COc1cccc(CCN)c1. The number of nitrogens with two attached hydrogens (primary N) is 1. The summed E-state index contributed by atoms with van der Waals surface area (Å²) in [4.78, 5) is 4.40. The van der Waals surface area contributed by atoms with Crippen molar-refractivity contribution in [3.8, 4) is 11.5 Å². The Labute approximate surface area is 144 Å². The Morgan fingerprint density at radius 1 is 1.04 bits per heavy atom. The van der Waals surface area contributed by atoms with Gasteiger partial charge in [-0.15, -0.1) is 0 Å². The van der Waals surface area contributed by atoms with E-state index >= 15 is 0 Å². The third-order valence-corrected chi connectivity index (χ3v) is 4.00. The van der Waals surface area contributed by atoms with Crippen molar-refractivity contribution in [1.82, 2.24) is 0 Å². The van der Waals surface area contributed by atoms with Gasteiger partial charge in [-0.3, -0.25) is 4.99 Å². The summed E-state index contributed by atoms with van der Waals surface area (Å²) in [5.74, 6) is 1.84. The first kappa shape index (κ1) is 18.0. The lowest BCUT2D eigenvalue weighted by atomic mass is 9.98. The highest BCUT2D eigenvalue weighted by Crippen LogP contribution is 2.21. The Bertz CT molecular complexity index is 696. The molecule has 3 rings (SSSR count). The molecule has 0 radical (unpaired) electrons. The number of aliphatic imine (C=N–C) groups is 1. The first-order chi connectivity index (χ1) is 11.7. The molecule has 24 heavy (non-hydrogen) atoms. The lowest BCUT2D eigenvalue weighted by Crippen LogP contribution is -2.09. The smallest absolute Gasteiger partial charge is 0.119 e. The van der Waals surface area contributed by atoms with Crippen LogP contribution in [0.4, 0.5) is 0 Å².